The molecule has 328 valence electrons. The quantitative estimate of drug-likeness (QED) is 0.0389. The van der Waals surface area contributed by atoms with Gasteiger partial charge in [0.1, 0.15) is 17.5 Å². The third-order valence-electron chi connectivity index (χ3n) is 9.23. The van der Waals surface area contributed by atoms with E-state index in [1.54, 1.807) is 42.5 Å². The number of ketones is 2. The monoisotopic (exact) mass is 885 g/mol. The summed E-state index contributed by atoms with van der Waals surface area (Å²) < 4.78 is 35.6. The summed E-state index contributed by atoms with van der Waals surface area (Å²) in [5, 5.41) is 26.2. The minimum Gasteiger partial charge on any atom is -0.508 e. The van der Waals surface area contributed by atoms with Gasteiger partial charge in [0.25, 0.3) is 0 Å². The van der Waals surface area contributed by atoms with Gasteiger partial charge in [-0.2, -0.15) is 21.0 Å². The summed E-state index contributed by atoms with van der Waals surface area (Å²) >= 11 is 4.12. The van der Waals surface area contributed by atoms with Gasteiger partial charge in [-0.25, -0.2) is 0 Å². The van der Waals surface area contributed by atoms with Gasteiger partial charge in [0, 0.05) is 43.3 Å². The van der Waals surface area contributed by atoms with E-state index in [0.717, 1.165) is 12.1 Å². The second-order valence-corrected chi connectivity index (χ2v) is 15.4. The number of nitrogens with one attached hydrogen (secondary N) is 3. The third kappa shape index (κ3) is 17.8. The molecule has 61 heavy (non-hydrogen) atoms. The number of Topliss-reactive ketones (excluding diaryl/α,β-unsaturated/α-hetero) is 2. The molecule has 0 spiro atoms. The van der Waals surface area contributed by atoms with Crippen molar-refractivity contribution in [3.8, 4) is 11.5 Å². The van der Waals surface area contributed by atoms with Crippen LogP contribution in [0.4, 0.5) is 0 Å². The molecule has 5 atom stereocenters. The Morgan fingerprint density at radius 3 is 1.56 bits per heavy atom. The molecule has 0 aliphatic rings. The number of phenols is 1. The second kappa shape index (κ2) is 23.5. The molecule has 0 fully saturated rings. The molecule has 0 radical (unpaired) electrons. The fourth-order valence-electron chi connectivity index (χ4n) is 6.06. The minimum atomic E-state index is -4.85. The van der Waals surface area contributed by atoms with Crippen LogP contribution < -0.4 is 31.6 Å². The molecule has 0 saturated carbocycles. The maximum absolute atomic E-state index is 13.8. The first-order valence-corrected chi connectivity index (χ1v) is 20.7. The number of carbonyl (C=O) groups excluding carboxylic acids is 7. The van der Waals surface area contributed by atoms with Gasteiger partial charge in [-0.15, -0.1) is 0 Å². The van der Waals surface area contributed by atoms with E-state index in [2.05, 4.69) is 32.8 Å². The van der Waals surface area contributed by atoms with E-state index in [1.807, 2.05) is 0 Å². The van der Waals surface area contributed by atoms with Crippen LogP contribution in [0.2, 0.25) is 0 Å². The fourth-order valence-corrected chi connectivity index (χ4v) is 6.71. The number of aliphatic carboxylic acids is 1. The Kier molecular flexibility index (Phi) is 18.9. The highest BCUT2D eigenvalue weighted by Crippen LogP contribution is 2.20. The number of phenolic OH excluding ortho intramolecular Hbond substituents is 1. The number of aromatic hydroxyl groups is 1. The Bertz CT molecular complexity index is 2150. The summed E-state index contributed by atoms with van der Waals surface area (Å²) in [5.74, 6) is -9.59. The molecule has 0 aliphatic carbocycles. The molecule has 19 nitrogen and oxygen atoms in total. The van der Waals surface area contributed by atoms with Gasteiger partial charge in [0.05, 0.1) is 18.5 Å². The number of hydrogen-bond donors (Lipinski definition) is 9. The Balaban J connectivity index is 1.70. The van der Waals surface area contributed by atoms with Crippen molar-refractivity contribution in [3.63, 3.8) is 0 Å². The highest BCUT2D eigenvalue weighted by atomic mass is 32.3. The van der Waals surface area contributed by atoms with E-state index in [-0.39, 0.29) is 42.9 Å². The maximum Gasteiger partial charge on any atom is 0.446 e. The highest BCUT2D eigenvalue weighted by Gasteiger charge is 2.32. The van der Waals surface area contributed by atoms with Crippen molar-refractivity contribution < 1.29 is 65.7 Å². The summed E-state index contributed by atoms with van der Waals surface area (Å²) in [5.41, 5.74) is 12.8. The van der Waals surface area contributed by atoms with Crippen molar-refractivity contribution in [2.45, 2.75) is 69.5 Å². The summed E-state index contributed by atoms with van der Waals surface area (Å²) in [6.07, 6.45) is -2.97. The molecule has 0 aromatic heterocycles. The Labute approximate surface area is 356 Å². The number of carboxylic acids is 1. The zero-order chi connectivity index (χ0) is 45.3. The molecular formula is C40H47N5O14S2. The first-order chi connectivity index (χ1) is 28.7. The van der Waals surface area contributed by atoms with Gasteiger partial charge in [-0.1, -0.05) is 54.6 Å². The fraction of sp³-hybridized carbons (Fsp3) is 0.350. The van der Waals surface area contributed by atoms with Crippen molar-refractivity contribution >= 4 is 70.1 Å². The number of rotatable bonds is 26. The standard InChI is InChI=1S/C40H47N5O14S2/c41-38(53)26(16-23-4-2-1-3-5-23)19-33(47)30(18-25-8-12-29(13-9-25)59-61(56,57)58)45-40(55)31(21-37(51)52)43-35(49)14-15-36(50)44-32(22-60)34(48)20-27(39(42)54)17-24-6-10-28(46)11-7-24/h1-13,26-27,30-32,46,60H,14-22H2,(H2,41,53)(H2,42,54)(H,43,49)(H,44,50)(H,45,55)(H,51,52)(H,56,57,58)/t26-,27-,30+,31+,32+/m1/s1. The molecule has 0 saturated heterocycles. The molecule has 10 N–H and O–H groups in total. The SMILES string of the molecule is NC(=O)[C@@H](CC(=O)[C@H](CS)NC(=O)CCC(=O)N[C@@H](CC(=O)O)C(=O)N[C@@H](Cc1ccc(OS(=O)(=O)O)cc1)C(=O)C[C@@H](Cc1ccccc1)C(N)=O)Cc1ccc(O)cc1. The van der Waals surface area contributed by atoms with Gasteiger partial charge < -0.3 is 41.8 Å². The lowest BCUT2D eigenvalue weighted by Crippen LogP contribution is -2.53. The number of amides is 5. The van der Waals surface area contributed by atoms with E-state index in [4.69, 9.17) is 16.0 Å². The molecule has 3 aromatic carbocycles. The smallest absolute Gasteiger partial charge is 0.446 e. The lowest BCUT2D eigenvalue weighted by Gasteiger charge is -2.24. The first kappa shape index (κ1) is 49.0. The predicted octanol–water partition coefficient (Wildman–Crippen LogP) is 0.362. The van der Waals surface area contributed by atoms with Gasteiger partial charge >= 0.3 is 16.4 Å². The van der Waals surface area contributed by atoms with Crippen LogP contribution in [-0.2, 0) is 68.0 Å². The average molecular weight is 886 g/mol. The van der Waals surface area contributed by atoms with Crippen LogP contribution in [0.5, 0.6) is 11.5 Å². The number of benzene rings is 3. The number of thiol groups is 1. The van der Waals surface area contributed by atoms with Crippen LogP contribution in [0.3, 0.4) is 0 Å². The Morgan fingerprint density at radius 2 is 1.08 bits per heavy atom. The largest absolute Gasteiger partial charge is 0.508 e. The predicted molar refractivity (Wildman–Crippen MR) is 220 cm³/mol. The molecule has 0 bridgehead atoms. The highest BCUT2D eigenvalue weighted by molar-refractivity contribution is 7.81. The molecule has 0 heterocycles. The molecule has 0 aliphatic heterocycles. The number of carbonyl (C=O) groups is 8. The number of carboxylic acid groups (broad SMARTS) is 1. The minimum absolute atomic E-state index is 0.00441. The van der Waals surface area contributed by atoms with Crippen LogP contribution in [0.25, 0.3) is 0 Å². The summed E-state index contributed by atoms with van der Waals surface area (Å²) in [6.45, 7) is 0. The van der Waals surface area contributed by atoms with E-state index in [9.17, 15) is 57.0 Å². The molecule has 21 heteroatoms. The lowest BCUT2D eigenvalue weighted by atomic mass is 9.89. The average Bonchev–Trinajstić information content (AvgIpc) is 3.19. The van der Waals surface area contributed by atoms with Crippen molar-refractivity contribution in [2.75, 3.05) is 5.75 Å². The maximum atomic E-state index is 13.8. The van der Waals surface area contributed by atoms with Crippen LogP contribution >= 0.6 is 12.6 Å². The van der Waals surface area contributed by atoms with E-state index >= 15 is 0 Å². The molecule has 5 amide bonds. The van der Waals surface area contributed by atoms with Crippen molar-refractivity contribution in [1.29, 1.82) is 0 Å². The van der Waals surface area contributed by atoms with Crippen LogP contribution in [0.15, 0.2) is 78.9 Å². The first-order valence-electron chi connectivity index (χ1n) is 18.7. The summed E-state index contributed by atoms with van der Waals surface area (Å²) in [4.78, 5) is 103. The van der Waals surface area contributed by atoms with Gasteiger partial charge in [-0.05, 0) is 60.2 Å². The molecular weight excluding hydrogens is 839 g/mol. The van der Waals surface area contributed by atoms with Crippen molar-refractivity contribution in [3.05, 3.63) is 95.6 Å². The lowest BCUT2D eigenvalue weighted by molar-refractivity contribution is -0.141. The van der Waals surface area contributed by atoms with Crippen LogP contribution in [0.1, 0.15) is 48.8 Å². The summed E-state index contributed by atoms with van der Waals surface area (Å²) in [7, 11) is -4.85. The molecule has 0 unspecified atom stereocenters. The topological polar surface area (TPSA) is 329 Å². The molecule has 3 aromatic rings. The Hall–Kier alpha value is -6.32. The van der Waals surface area contributed by atoms with Crippen molar-refractivity contribution in [2.24, 2.45) is 23.3 Å². The Morgan fingerprint density at radius 1 is 0.623 bits per heavy atom. The number of nitrogens with two attached hydrogens (primary N) is 2. The zero-order valence-electron chi connectivity index (χ0n) is 32.6. The number of primary amides is 2. The van der Waals surface area contributed by atoms with Gasteiger partial charge in [-0.3, -0.25) is 42.9 Å². The zero-order valence-corrected chi connectivity index (χ0v) is 34.3. The van der Waals surface area contributed by atoms with Crippen LogP contribution in [0, 0.1) is 11.8 Å². The number of hydrogen-bond acceptors (Lipinski definition) is 13. The third-order valence-corrected chi connectivity index (χ3v) is 10.00. The van der Waals surface area contributed by atoms with E-state index in [0.29, 0.717) is 16.7 Å². The van der Waals surface area contributed by atoms with Crippen molar-refractivity contribution in [1.82, 2.24) is 16.0 Å². The normalized spacial score (nSPS) is 13.6. The molecule has 3 rings (SSSR count). The van der Waals surface area contributed by atoms with E-state index < -0.39 is 113 Å². The second-order valence-electron chi connectivity index (χ2n) is 14.0. The van der Waals surface area contributed by atoms with Gasteiger partial charge in [0.2, 0.25) is 29.5 Å². The summed E-state index contributed by atoms with van der Waals surface area (Å²) in [6, 6.07) is 15.2. The van der Waals surface area contributed by atoms with Gasteiger partial charge in [0.15, 0.2) is 11.6 Å². The van der Waals surface area contributed by atoms with Crippen LogP contribution in [-0.4, -0.2) is 94.1 Å². The van der Waals surface area contributed by atoms with E-state index in [1.165, 1.54) is 24.3 Å².